The van der Waals surface area contributed by atoms with Crippen LogP contribution in [-0.2, 0) is 6.42 Å². The summed E-state index contributed by atoms with van der Waals surface area (Å²) in [5.41, 5.74) is 4.50. The molecule has 0 fully saturated rings. The lowest BCUT2D eigenvalue weighted by Gasteiger charge is -2.11. The second-order valence-electron chi connectivity index (χ2n) is 8.07. The molecular weight excluding hydrogens is 418 g/mol. The zero-order valence-corrected chi connectivity index (χ0v) is 19.2. The molecule has 0 aliphatic rings. The van der Waals surface area contributed by atoms with Crippen LogP contribution in [0.3, 0.4) is 0 Å². The Bertz CT molecular complexity index is 1110. The second kappa shape index (κ2) is 11.6. The number of halogens is 2. The van der Waals surface area contributed by atoms with Gasteiger partial charge in [-0.3, -0.25) is 0 Å². The minimum Gasteiger partial charge on any atom is -0.497 e. The standard InChI is InChI=1S/C29H30F2O2/c1-4-5-6-7-21-8-10-23(11-9-21)28(30)29(31)24-14-12-22(13-15-24)26-16-25(20(2)19-32)17-27(18-26)33-3/h8-18,32H,2,4-7,19H2,1,3H3/b29-28+. The van der Waals surface area contributed by atoms with E-state index in [-0.39, 0.29) is 17.7 Å². The number of ether oxygens (including phenoxy) is 1. The third-order valence-corrected chi connectivity index (χ3v) is 5.68. The van der Waals surface area contributed by atoms with Crippen molar-refractivity contribution in [3.63, 3.8) is 0 Å². The molecule has 3 aromatic rings. The number of methoxy groups -OCH3 is 1. The maximum absolute atomic E-state index is 14.9. The Kier molecular flexibility index (Phi) is 8.56. The van der Waals surface area contributed by atoms with Gasteiger partial charge in [0.15, 0.2) is 11.7 Å². The zero-order chi connectivity index (χ0) is 23.8. The van der Waals surface area contributed by atoms with Crippen molar-refractivity contribution in [2.45, 2.75) is 32.6 Å². The Morgan fingerprint density at radius 1 is 0.818 bits per heavy atom. The number of hydrogen-bond donors (Lipinski definition) is 1. The van der Waals surface area contributed by atoms with Crippen LogP contribution in [0.2, 0.25) is 0 Å². The molecule has 172 valence electrons. The van der Waals surface area contributed by atoms with Crippen LogP contribution in [0.5, 0.6) is 5.75 Å². The highest BCUT2D eigenvalue weighted by atomic mass is 19.2. The maximum Gasteiger partial charge on any atom is 0.166 e. The summed E-state index contributed by atoms with van der Waals surface area (Å²) < 4.78 is 35.0. The fourth-order valence-corrected chi connectivity index (χ4v) is 3.64. The molecule has 4 heteroatoms. The Hall–Kier alpha value is -3.24. The highest BCUT2D eigenvalue weighted by molar-refractivity contribution is 5.84. The van der Waals surface area contributed by atoms with Gasteiger partial charge >= 0.3 is 0 Å². The first-order valence-corrected chi connectivity index (χ1v) is 11.2. The quantitative estimate of drug-likeness (QED) is 0.253. The zero-order valence-electron chi connectivity index (χ0n) is 19.2. The van der Waals surface area contributed by atoms with E-state index in [1.54, 1.807) is 49.6 Å². The SMILES string of the molecule is C=C(CO)c1cc(OC)cc(-c2ccc(/C(F)=C(\F)c3ccc(CCCCC)cc3)cc2)c1. The van der Waals surface area contributed by atoms with Crippen molar-refractivity contribution in [3.05, 3.63) is 95.6 Å². The van der Waals surface area contributed by atoms with E-state index in [1.807, 2.05) is 24.3 Å². The number of hydrogen-bond acceptors (Lipinski definition) is 2. The minimum atomic E-state index is -0.889. The van der Waals surface area contributed by atoms with Crippen molar-refractivity contribution in [1.29, 1.82) is 0 Å². The molecule has 2 nitrogen and oxygen atoms in total. The third kappa shape index (κ3) is 6.17. The molecule has 0 saturated heterocycles. The largest absolute Gasteiger partial charge is 0.497 e. The lowest BCUT2D eigenvalue weighted by molar-refractivity contribution is 0.350. The molecule has 0 radical (unpaired) electrons. The van der Waals surface area contributed by atoms with Gasteiger partial charge in [-0.25, -0.2) is 8.78 Å². The Morgan fingerprint density at radius 2 is 1.42 bits per heavy atom. The van der Waals surface area contributed by atoms with Gasteiger partial charge in [0.2, 0.25) is 0 Å². The lowest BCUT2D eigenvalue weighted by atomic mass is 9.98. The summed E-state index contributed by atoms with van der Waals surface area (Å²) in [6.07, 6.45) is 4.35. The lowest BCUT2D eigenvalue weighted by Crippen LogP contribution is -1.92. The summed E-state index contributed by atoms with van der Waals surface area (Å²) >= 11 is 0. The monoisotopic (exact) mass is 448 g/mol. The molecule has 0 atom stereocenters. The fraction of sp³-hybridized carbons (Fsp3) is 0.241. The van der Waals surface area contributed by atoms with Gasteiger partial charge in [0, 0.05) is 11.1 Å². The molecule has 0 unspecified atom stereocenters. The maximum atomic E-state index is 14.9. The van der Waals surface area contributed by atoms with Crippen LogP contribution in [0.15, 0.2) is 73.3 Å². The molecule has 0 bridgehead atoms. The second-order valence-corrected chi connectivity index (χ2v) is 8.07. The van der Waals surface area contributed by atoms with Gasteiger partial charge in [-0.05, 0) is 58.9 Å². The van der Waals surface area contributed by atoms with Crippen LogP contribution < -0.4 is 4.74 Å². The molecule has 0 saturated carbocycles. The van der Waals surface area contributed by atoms with Gasteiger partial charge in [0.25, 0.3) is 0 Å². The van der Waals surface area contributed by atoms with Gasteiger partial charge in [0.1, 0.15) is 5.75 Å². The first-order chi connectivity index (χ1) is 16.0. The number of aryl methyl sites for hydroxylation is 1. The molecule has 0 spiro atoms. The van der Waals surface area contributed by atoms with E-state index < -0.39 is 11.7 Å². The number of aliphatic hydroxyl groups is 1. The van der Waals surface area contributed by atoms with E-state index in [0.29, 0.717) is 11.3 Å². The highest BCUT2D eigenvalue weighted by Gasteiger charge is 2.13. The smallest absolute Gasteiger partial charge is 0.166 e. The molecule has 33 heavy (non-hydrogen) atoms. The summed E-state index contributed by atoms with van der Waals surface area (Å²) in [4.78, 5) is 0. The van der Waals surface area contributed by atoms with E-state index in [4.69, 9.17) is 4.74 Å². The molecule has 3 rings (SSSR count). The molecule has 0 aliphatic carbocycles. The molecule has 1 N–H and O–H groups in total. The Morgan fingerprint density at radius 3 is 1.97 bits per heavy atom. The van der Waals surface area contributed by atoms with Crippen LogP contribution in [0.25, 0.3) is 28.4 Å². The molecular formula is C29H30F2O2. The molecule has 0 aromatic heterocycles. The van der Waals surface area contributed by atoms with E-state index in [0.717, 1.165) is 47.9 Å². The van der Waals surface area contributed by atoms with Crippen LogP contribution in [0.1, 0.15) is 48.4 Å². The van der Waals surface area contributed by atoms with Gasteiger partial charge in [-0.2, -0.15) is 0 Å². The molecule has 0 aliphatic heterocycles. The average molecular weight is 449 g/mol. The average Bonchev–Trinajstić information content (AvgIpc) is 2.87. The van der Waals surface area contributed by atoms with Crippen LogP contribution in [0.4, 0.5) is 8.78 Å². The number of rotatable bonds is 10. The summed E-state index contributed by atoms with van der Waals surface area (Å²) in [6, 6.07) is 19.1. The Balaban J connectivity index is 1.83. The van der Waals surface area contributed by atoms with Gasteiger partial charge in [0.05, 0.1) is 13.7 Å². The van der Waals surface area contributed by atoms with Crippen LogP contribution in [0, 0.1) is 0 Å². The van der Waals surface area contributed by atoms with Crippen molar-refractivity contribution < 1.29 is 18.6 Å². The van der Waals surface area contributed by atoms with E-state index in [2.05, 4.69) is 13.5 Å². The van der Waals surface area contributed by atoms with Crippen LogP contribution in [-0.4, -0.2) is 18.8 Å². The fourth-order valence-electron chi connectivity index (χ4n) is 3.64. The van der Waals surface area contributed by atoms with E-state index >= 15 is 0 Å². The number of benzene rings is 3. The van der Waals surface area contributed by atoms with Crippen molar-refractivity contribution in [3.8, 4) is 16.9 Å². The van der Waals surface area contributed by atoms with Gasteiger partial charge in [-0.1, -0.05) is 74.9 Å². The molecule has 0 amide bonds. The number of unbranched alkanes of at least 4 members (excludes halogenated alkanes) is 2. The summed E-state index contributed by atoms with van der Waals surface area (Å²) in [5, 5.41) is 9.40. The van der Waals surface area contributed by atoms with Crippen molar-refractivity contribution in [1.82, 2.24) is 0 Å². The predicted octanol–water partition coefficient (Wildman–Crippen LogP) is 7.87. The van der Waals surface area contributed by atoms with Crippen molar-refractivity contribution in [2.75, 3.05) is 13.7 Å². The topological polar surface area (TPSA) is 29.5 Å². The summed E-state index contributed by atoms with van der Waals surface area (Å²) in [6.45, 7) is 5.85. The first-order valence-electron chi connectivity index (χ1n) is 11.2. The van der Waals surface area contributed by atoms with Gasteiger partial charge < -0.3 is 9.84 Å². The van der Waals surface area contributed by atoms with Crippen molar-refractivity contribution in [2.24, 2.45) is 0 Å². The number of aliphatic hydroxyl groups excluding tert-OH is 1. The summed E-state index contributed by atoms with van der Waals surface area (Å²) in [7, 11) is 1.56. The third-order valence-electron chi connectivity index (χ3n) is 5.68. The van der Waals surface area contributed by atoms with E-state index in [9.17, 15) is 13.9 Å². The molecule has 0 heterocycles. The van der Waals surface area contributed by atoms with Crippen LogP contribution >= 0.6 is 0 Å². The summed E-state index contributed by atoms with van der Waals surface area (Å²) in [5.74, 6) is -1.14. The predicted molar refractivity (Wildman–Crippen MR) is 133 cm³/mol. The molecule has 3 aromatic carbocycles. The van der Waals surface area contributed by atoms with Crippen molar-refractivity contribution >= 4 is 17.2 Å². The van der Waals surface area contributed by atoms with Gasteiger partial charge in [-0.15, -0.1) is 0 Å². The normalized spacial score (nSPS) is 11.8. The first kappa shape index (κ1) is 24.4. The minimum absolute atomic E-state index is 0.166. The highest BCUT2D eigenvalue weighted by Crippen LogP contribution is 2.32. The van der Waals surface area contributed by atoms with E-state index in [1.165, 1.54) is 0 Å². The Labute approximate surface area is 194 Å².